The lowest BCUT2D eigenvalue weighted by molar-refractivity contribution is -0.156. The molecule has 0 radical (unpaired) electrons. The molecule has 0 saturated carbocycles. The molecule has 2 aromatic carbocycles. The molecule has 0 spiro atoms. The van der Waals surface area contributed by atoms with Crippen LogP contribution in [-0.4, -0.2) is 63.9 Å². The summed E-state index contributed by atoms with van der Waals surface area (Å²) < 4.78 is 18.3. The Labute approximate surface area is 359 Å². The molecular formula is C47H70ClN3O7Si. The molecule has 1 heterocycles. The molecule has 0 aliphatic carbocycles. The van der Waals surface area contributed by atoms with Gasteiger partial charge in [-0.3, -0.25) is 14.4 Å². The summed E-state index contributed by atoms with van der Waals surface area (Å²) in [5.41, 5.74) is 2.87. The van der Waals surface area contributed by atoms with Gasteiger partial charge in [0.05, 0.1) is 24.2 Å². The van der Waals surface area contributed by atoms with Crippen LogP contribution in [0.4, 0.5) is 0 Å². The van der Waals surface area contributed by atoms with Gasteiger partial charge in [0.1, 0.15) is 23.9 Å². The van der Waals surface area contributed by atoms with Crippen LogP contribution in [0.25, 0.3) is 6.08 Å². The second-order valence-corrected chi connectivity index (χ2v) is 24.7. The minimum Gasteiger partial charge on any atom is -0.495 e. The number of cyclic esters (lactones) is 1. The van der Waals surface area contributed by atoms with Crippen LogP contribution in [0.2, 0.25) is 21.6 Å². The number of nitrogens with one attached hydrogen (secondary N) is 3. The highest BCUT2D eigenvalue weighted by Gasteiger charge is 2.45. The molecule has 1 aliphatic rings. The maximum atomic E-state index is 14.0. The average Bonchev–Trinajstić information content (AvgIpc) is 3.14. The average molecular weight is 853 g/mol. The van der Waals surface area contributed by atoms with Crippen molar-refractivity contribution in [1.29, 1.82) is 0 Å². The van der Waals surface area contributed by atoms with E-state index in [-0.39, 0.29) is 30.7 Å². The number of halogens is 1. The predicted octanol–water partition coefficient (Wildman–Crippen LogP) is 9.35. The van der Waals surface area contributed by atoms with Crippen LogP contribution in [0.3, 0.4) is 0 Å². The topological polar surface area (TPSA) is 132 Å². The standard InChI is InChI=1S/C47H70ClN3O7Si/c1-30(2)59(31(3)4,32(5)6)57-28-35-21-19-34(20-22-35)18-17-33(7)40-15-14-16-42(52)50-38(26-36-23-24-41(56-13)37(48)25-36)43(53)49-29-47(11,12)45(55)51-39(44(54)58-40)27-46(8,9)10/h14,16-25,30-33,38-40H,15,26-29H2,1-13H3,(H,49,53)(H,50,52)(H,51,55)/b16-14+,18-17+/t33?,38-,39+,40+/m1/s1. The minimum atomic E-state index is -2.01. The van der Waals surface area contributed by atoms with Gasteiger partial charge in [-0.1, -0.05) is 129 Å². The number of esters is 1. The Kier molecular flexibility index (Phi) is 18.0. The summed E-state index contributed by atoms with van der Waals surface area (Å²) in [5.74, 6) is -1.72. The van der Waals surface area contributed by atoms with E-state index in [1.807, 2.05) is 39.8 Å². The third-order valence-electron chi connectivity index (χ3n) is 11.3. The van der Waals surface area contributed by atoms with Crippen LogP contribution < -0.4 is 20.7 Å². The molecule has 0 saturated heterocycles. The van der Waals surface area contributed by atoms with Gasteiger partial charge >= 0.3 is 5.97 Å². The van der Waals surface area contributed by atoms with Crippen LogP contribution in [0.5, 0.6) is 5.75 Å². The maximum absolute atomic E-state index is 14.0. The molecule has 10 nitrogen and oxygen atoms in total. The van der Waals surface area contributed by atoms with Crippen molar-refractivity contribution in [3.05, 3.63) is 82.4 Å². The summed E-state index contributed by atoms with van der Waals surface area (Å²) in [4.78, 5) is 54.7. The molecule has 59 heavy (non-hydrogen) atoms. The first kappa shape index (κ1) is 49.4. The highest BCUT2D eigenvalue weighted by atomic mass is 35.5. The summed E-state index contributed by atoms with van der Waals surface area (Å²) in [6.07, 6.45) is 7.00. The molecule has 3 rings (SSSR count). The zero-order valence-electron chi connectivity index (χ0n) is 37.7. The number of carbonyl (C=O) groups is 4. The fourth-order valence-electron chi connectivity index (χ4n) is 7.90. The molecule has 0 bridgehead atoms. The number of benzene rings is 2. The Hall–Kier alpha value is -3.93. The molecule has 2 aromatic rings. The Morgan fingerprint density at radius 3 is 2.07 bits per heavy atom. The van der Waals surface area contributed by atoms with E-state index in [1.54, 1.807) is 38.1 Å². The molecule has 4 atom stereocenters. The number of carbonyl (C=O) groups excluding carboxylic acids is 4. The number of hydrogen-bond acceptors (Lipinski definition) is 7. The van der Waals surface area contributed by atoms with Crippen molar-refractivity contribution in [3.63, 3.8) is 0 Å². The van der Waals surface area contributed by atoms with Crippen molar-refractivity contribution in [2.45, 2.75) is 144 Å². The molecule has 0 fully saturated rings. The van der Waals surface area contributed by atoms with E-state index in [2.05, 4.69) is 81.8 Å². The Balaban J connectivity index is 1.91. The zero-order chi connectivity index (χ0) is 44.3. The van der Waals surface area contributed by atoms with Crippen LogP contribution in [-0.2, 0) is 41.4 Å². The van der Waals surface area contributed by atoms with Crippen molar-refractivity contribution < 1.29 is 33.1 Å². The van der Waals surface area contributed by atoms with Crippen molar-refractivity contribution in [3.8, 4) is 5.75 Å². The number of rotatable bonds is 13. The van der Waals surface area contributed by atoms with Gasteiger partial charge in [-0.2, -0.15) is 0 Å². The van der Waals surface area contributed by atoms with Crippen LogP contribution in [0.15, 0.2) is 60.7 Å². The third-order valence-corrected chi connectivity index (χ3v) is 17.6. The van der Waals surface area contributed by atoms with Crippen molar-refractivity contribution in [1.82, 2.24) is 16.0 Å². The van der Waals surface area contributed by atoms with E-state index in [1.165, 1.54) is 13.2 Å². The summed E-state index contributed by atoms with van der Waals surface area (Å²) in [6, 6.07) is 11.6. The summed E-state index contributed by atoms with van der Waals surface area (Å²) in [5, 5.41) is 8.97. The van der Waals surface area contributed by atoms with Crippen molar-refractivity contribution in [2.24, 2.45) is 16.7 Å². The normalized spacial score (nSPS) is 21.3. The van der Waals surface area contributed by atoms with E-state index in [0.29, 0.717) is 46.0 Å². The van der Waals surface area contributed by atoms with Crippen LogP contribution in [0.1, 0.15) is 113 Å². The molecule has 0 aromatic heterocycles. The van der Waals surface area contributed by atoms with Crippen molar-refractivity contribution >= 4 is 49.7 Å². The van der Waals surface area contributed by atoms with E-state index in [9.17, 15) is 19.2 Å². The Bertz CT molecular complexity index is 1780. The van der Waals surface area contributed by atoms with E-state index in [0.717, 1.165) is 11.1 Å². The summed E-state index contributed by atoms with van der Waals surface area (Å²) in [7, 11) is -0.490. The lowest BCUT2D eigenvalue weighted by Gasteiger charge is -2.42. The number of ether oxygens (including phenoxy) is 2. The molecule has 1 aliphatic heterocycles. The van der Waals surface area contributed by atoms with Gasteiger partial charge in [0.2, 0.25) is 26.0 Å². The monoisotopic (exact) mass is 851 g/mol. The largest absolute Gasteiger partial charge is 0.495 e. The van der Waals surface area contributed by atoms with Gasteiger partial charge in [-0.05, 0) is 77.2 Å². The van der Waals surface area contributed by atoms with Gasteiger partial charge in [-0.25, -0.2) is 4.79 Å². The lowest BCUT2D eigenvalue weighted by atomic mass is 9.86. The summed E-state index contributed by atoms with van der Waals surface area (Å²) >= 11 is 6.38. The lowest BCUT2D eigenvalue weighted by Crippen LogP contribution is -2.54. The predicted molar refractivity (Wildman–Crippen MR) is 241 cm³/mol. The first-order chi connectivity index (χ1) is 27.5. The number of hydrogen-bond donors (Lipinski definition) is 3. The number of amides is 3. The second-order valence-electron chi connectivity index (χ2n) is 18.8. The van der Waals surface area contributed by atoms with E-state index >= 15 is 0 Å². The summed E-state index contributed by atoms with van der Waals surface area (Å²) in [6.45, 7) is 25.6. The SMILES string of the molecule is COc1ccc(C[C@H]2NC(=O)/C=C/C[C@@H](C(C)/C=C/c3ccc(CO[Si](C(C)C)(C(C)C)C(C)C)cc3)OC(=O)[C@H](CC(C)(C)C)NC(=O)C(C)(C)CNC2=O)cc1Cl. The van der Waals surface area contributed by atoms with Gasteiger partial charge in [-0.15, -0.1) is 0 Å². The smallest absolute Gasteiger partial charge is 0.328 e. The maximum Gasteiger partial charge on any atom is 0.328 e. The van der Waals surface area contributed by atoms with Crippen molar-refractivity contribution in [2.75, 3.05) is 13.7 Å². The fourth-order valence-corrected chi connectivity index (χ4v) is 13.6. The van der Waals surface area contributed by atoms with Crippen LogP contribution >= 0.6 is 11.6 Å². The fraction of sp³-hybridized carbons (Fsp3) is 0.574. The van der Waals surface area contributed by atoms with Gasteiger partial charge in [0.15, 0.2) is 0 Å². The highest BCUT2D eigenvalue weighted by molar-refractivity contribution is 6.77. The molecule has 326 valence electrons. The molecular weight excluding hydrogens is 782 g/mol. The molecule has 12 heteroatoms. The van der Waals surface area contributed by atoms with Crippen LogP contribution in [0, 0.1) is 16.7 Å². The van der Waals surface area contributed by atoms with E-state index in [4.69, 9.17) is 25.5 Å². The van der Waals surface area contributed by atoms with E-state index < -0.39 is 55.6 Å². The first-order valence-corrected chi connectivity index (χ1v) is 23.5. The Morgan fingerprint density at radius 1 is 0.898 bits per heavy atom. The zero-order valence-corrected chi connectivity index (χ0v) is 39.4. The quantitative estimate of drug-likeness (QED) is 0.135. The molecule has 3 amide bonds. The highest BCUT2D eigenvalue weighted by Crippen LogP contribution is 2.42. The van der Waals surface area contributed by atoms with Gasteiger partial charge in [0.25, 0.3) is 0 Å². The minimum absolute atomic E-state index is 0.0463. The molecule has 1 unspecified atom stereocenters. The third kappa shape index (κ3) is 14.3. The Morgan fingerprint density at radius 2 is 1.51 bits per heavy atom. The first-order valence-electron chi connectivity index (χ1n) is 21.0. The van der Waals surface area contributed by atoms with Gasteiger partial charge in [0, 0.05) is 25.3 Å². The number of methoxy groups -OCH3 is 1. The van der Waals surface area contributed by atoms with Gasteiger partial charge < -0.3 is 29.9 Å². The second kappa shape index (κ2) is 21.5. The molecule has 3 N–H and O–H groups in total.